The van der Waals surface area contributed by atoms with Gasteiger partial charge in [-0.25, -0.2) is 0 Å². The molecule has 0 bridgehead atoms. The van der Waals surface area contributed by atoms with Gasteiger partial charge in [0, 0.05) is 11.3 Å². The highest BCUT2D eigenvalue weighted by Gasteiger charge is 2.15. The summed E-state index contributed by atoms with van der Waals surface area (Å²) < 4.78 is 5.53. The third kappa shape index (κ3) is 5.65. The number of aliphatic hydroxyl groups is 1. The smallest absolute Gasteiger partial charge is 0.234 e. The molecular formula is C13H23N3O2S. The van der Waals surface area contributed by atoms with E-state index < -0.39 is 0 Å². The summed E-state index contributed by atoms with van der Waals surface area (Å²) in [6, 6.07) is 0.106. The fraction of sp³-hybridized carbons (Fsp3) is 0.692. The van der Waals surface area contributed by atoms with E-state index in [4.69, 9.17) is 4.74 Å². The summed E-state index contributed by atoms with van der Waals surface area (Å²) in [6.07, 6.45) is 5.25. The van der Waals surface area contributed by atoms with Gasteiger partial charge in [-0.15, -0.1) is 0 Å². The van der Waals surface area contributed by atoms with Gasteiger partial charge in [0.1, 0.15) is 5.82 Å². The maximum Gasteiger partial charge on any atom is 0.234 e. The lowest BCUT2D eigenvalue weighted by Gasteiger charge is -2.21. The van der Waals surface area contributed by atoms with Gasteiger partial charge in [0.25, 0.3) is 0 Å². The standard InChI is InChI=1S/C13H23N3O2S/c1-9(2)8-18-13-6-14-5-12(16-13)15-10(3)11(7-17)19-4/h5-6,9-11,17H,7-8H2,1-4H3,(H,15,16). The van der Waals surface area contributed by atoms with Crippen LogP contribution in [0.5, 0.6) is 5.88 Å². The summed E-state index contributed by atoms with van der Waals surface area (Å²) in [6.45, 7) is 6.94. The summed E-state index contributed by atoms with van der Waals surface area (Å²) in [5.74, 6) is 1.64. The second-order valence-corrected chi connectivity index (χ2v) is 5.91. The third-order valence-electron chi connectivity index (χ3n) is 2.59. The molecule has 108 valence electrons. The normalized spacial score (nSPS) is 14.2. The number of hydrogen-bond acceptors (Lipinski definition) is 6. The summed E-state index contributed by atoms with van der Waals surface area (Å²) in [7, 11) is 0. The molecule has 2 unspecified atom stereocenters. The molecular weight excluding hydrogens is 262 g/mol. The van der Waals surface area contributed by atoms with Gasteiger partial charge in [-0.2, -0.15) is 16.7 Å². The van der Waals surface area contributed by atoms with Crippen molar-refractivity contribution >= 4 is 17.6 Å². The Bertz CT molecular complexity index is 373. The fourth-order valence-corrected chi connectivity index (χ4v) is 2.13. The monoisotopic (exact) mass is 285 g/mol. The average Bonchev–Trinajstić information content (AvgIpc) is 2.38. The lowest BCUT2D eigenvalue weighted by Crippen LogP contribution is -2.31. The van der Waals surface area contributed by atoms with Crippen LogP contribution in [-0.2, 0) is 0 Å². The third-order valence-corrected chi connectivity index (χ3v) is 3.76. The number of aromatic nitrogens is 2. The van der Waals surface area contributed by atoms with Crippen LogP contribution >= 0.6 is 11.8 Å². The summed E-state index contributed by atoms with van der Waals surface area (Å²) in [5, 5.41) is 12.6. The van der Waals surface area contributed by atoms with E-state index in [1.165, 1.54) is 0 Å². The Morgan fingerprint density at radius 1 is 1.37 bits per heavy atom. The highest BCUT2D eigenvalue weighted by atomic mass is 32.2. The molecule has 1 aromatic rings. The molecule has 1 heterocycles. The molecule has 0 saturated carbocycles. The van der Waals surface area contributed by atoms with Gasteiger partial charge in [0.15, 0.2) is 0 Å². The Morgan fingerprint density at radius 3 is 2.68 bits per heavy atom. The van der Waals surface area contributed by atoms with Crippen molar-refractivity contribution in [2.75, 3.05) is 24.8 Å². The average molecular weight is 285 g/mol. The van der Waals surface area contributed by atoms with Gasteiger partial charge in [0.2, 0.25) is 5.88 Å². The number of nitrogens with one attached hydrogen (secondary N) is 1. The number of thioether (sulfide) groups is 1. The van der Waals surface area contributed by atoms with Crippen molar-refractivity contribution in [3.05, 3.63) is 12.4 Å². The van der Waals surface area contributed by atoms with Crippen LogP contribution in [0.1, 0.15) is 20.8 Å². The van der Waals surface area contributed by atoms with Crippen molar-refractivity contribution < 1.29 is 9.84 Å². The van der Waals surface area contributed by atoms with Gasteiger partial charge in [-0.3, -0.25) is 4.98 Å². The quantitative estimate of drug-likeness (QED) is 0.762. The fourth-order valence-electron chi connectivity index (χ4n) is 1.50. The van der Waals surface area contributed by atoms with Crippen molar-refractivity contribution in [2.45, 2.75) is 32.1 Å². The summed E-state index contributed by atoms with van der Waals surface area (Å²) >= 11 is 1.62. The second-order valence-electron chi connectivity index (χ2n) is 4.84. The van der Waals surface area contributed by atoms with Crippen LogP contribution in [0.15, 0.2) is 12.4 Å². The number of nitrogens with zero attached hydrogens (tertiary/aromatic N) is 2. The molecule has 0 spiro atoms. The SMILES string of the molecule is CSC(CO)C(C)Nc1cncc(OCC(C)C)n1. The molecule has 0 radical (unpaired) electrons. The van der Waals surface area contributed by atoms with Gasteiger partial charge >= 0.3 is 0 Å². The Labute approximate surface area is 119 Å². The zero-order valence-corrected chi connectivity index (χ0v) is 12.8. The van der Waals surface area contributed by atoms with Crippen LogP contribution in [0, 0.1) is 5.92 Å². The van der Waals surface area contributed by atoms with Crippen molar-refractivity contribution in [1.82, 2.24) is 9.97 Å². The molecule has 0 aliphatic rings. The minimum atomic E-state index is 0.106. The first kappa shape index (κ1) is 16.0. The minimum absolute atomic E-state index is 0.106. The molecule has 19 heavy (non-hydrogen) atoms. The molecule has 0 aliphatic heterocycles. The predicted molar refractivity (Wildman–Crippen MR) is 79.8 cm³/mol. The van der Waals surface area contributed by atoms with Gasteiger partial charge < -0.3 is 15.2 Å². The maximum absolute atomic E-state index is 9.25. The lowest BCUT2D eigenvalue weighted by atomic mass is 10.2. The van der Waals surface area contributed by atoms with Crippen LogP contribution in [0.2, 0.25) is 0 Å². The van der Waals surface area contributed by atoms with Crippen molar-refractivity contribution in [2.24, 2.45) is 5.92 Å². The topological polar surface area (TPSA) is 67.3 Å². The molecule has 1 rings (SSSR count). The molecule has 2 N–H and O–H groups in total. The van der Waals surface area contributed by atoms with E-state index in [-0.39, 0.29) is 17.9 Å². The van der Waals surface area contributed by atoms with E-state index in [1.54, 1.807) is 24.2 Å². The van der Waals surface area contributed by atoms with E-state index in [1.807, 2.05) is 13.2 Å². The molecule has 1 aromatic heterocycles. The van der Waals surface area contributed by atoms with Crippen molar-refractivity contribution in [1.29, 1.82) is 0 Å². The Balaban J connectivity index is 2.61. The van der Waals surface area contributed by atoms with E-state index in [9.17, 15) is 5.11 Å². The van der Waals surface area contributed by atoms with E-state index in [0.717, 1.165) is 0 Å². The van der Waals surface area contributed by atoms with Crippen LogP contribution in [0.3, 0.4) is 0 Å². The molecule has 6 heteroatoms. The van der Waals surface area contributed by atoms with Gasteiger partial charge in [0.05, 0.1) is 25.6 Å². The number of anilines is 1. The minimum Gasteiger partial charge on any atom is -0.476 e. The number of rotatable bonds is 8. The molecule has 0 fully saturated rings. The first-order valence-electron chi connectivity index (χ1n) is 6.41. The van der Waals surface area contributed by atoms with Crippen LogP contribution in [0.4, 0.5) is 5.82 Å². The van der Waals surface area contributed by atoms with Crippen LogP contribution < -0.4 is 10.1 Å². The Kier molecular flexibility index (Phi) is 6.94. The van der Waals surface area contributed by atoms with Gasteiger partial charge in [-0.1, -0.05) is 13.8 Å². The lowest BCUT2D eigenvalue weighted by molar-refractivity contribution is 0.260. The maximum atomic E-state index is 9.25. The van der Waals surface area contributed by atoms with Crippen LogP contribution in [-0.4, -0.2) is 45.8 Å². The van der Waals surface area contributed by atoms with E-state index in [0.29, 0.717) is 24.2 Å². The largest absolute Gasteiger partial charge is 0.476 e. The summed E-state index contributed by atoms with van der Waals surface area (Å²) in [4.78, 5) is 8.46. The van der Waals surface area contributed by atoms with E-state index >= 15 is 0 Å². The molecule has 5 nitrogen and oxygen atoms in total. The molecule has 0 aliphatic carbocycles. The Hall–Kier alpha value is -1.01. The number of aliphatic hydroxyl groups excluding tert-OH is 1. The Morgan fingerprint density at radius 2 is 2.11 bits per heavy atom. The zero-order chi connectivity index (χ0) is 14.3. The molecule has 0 saturated heterocycles. The first-order chi connectivity index (χ1) is 9.06. The van der Waals surface area contributed by atoms with Crippen molar-refractivity contribution in [3.63, 3.8) is 0 Å². The molecule has 0 aromatic carbocycles. The molecule has 2 atom stereocenters. The van der Waals surface area contributed by atoms with Crippen molar-refractivity contribution in [3.8, 4) is 5.88 Å². The van der Waals surface area contributed by atoms with Crippen LogP contribution in [0.25, 0.3) is 0 Å². The number of ether oxygens (including phenoxy) is 1. The zero-order valence-electron chi connectivity index (χ0n) is 12.0. The summed E-state index contributed by atoms with van der Waals surface area (Å²) in [5.41, 5.74) is 0. The van der Waals surface area contributed by atoms with E-state index in [2.05, 4.69) is 29.1 Å². The highest BCUT2D eigenvalue weighted by Crippen LogP contribution is 2.16. The highest BCUT2D eigenvalue weighted by molar-refractivity contribution is 7.99. The predicted octanol–water partition coefficient (Wildman–Crippen LogP) is 2.04. The second kappa shape index (κ2) is 8.22. The van der Waals surface area contributed by atoms with Gasteiger partial charge in [-0.05, 0) is 19.1 Å². The molecule has 0 amide bonds. The first-order valence-corrected chi connectivity index (χ1v) is 7.70. The number of hydrogen-bond donors (Lipinski definition) is 2.